The molecule has 1 saturated heterocycles. The van der Waals surface area contributed by atoms with Gasteiger partial charge in [0.05, 0.1) is 0 Å². The minimum absolute atomic E-state index is 0.0706. The van der Waals surface area contributed by atoms with Crippen LogP contribution < -0.4 is 10.9 Å². The summed E-state index contributed by atoms with van der Waals surface area (Å²) in [5.74, 6) is -0.617. The predicted octanol–water partition coefficient (Wildman–Crippen LogP) is 1.22. The van der Waals surface area contributed by atoms with Crippen molar-refractivity contribution >= 4 is 34.4 Å². The molecule has 2 heterocycles. The fourth-order valence-corrected chi connectivity index (χ4v) is 3.83. The number of nitrogens with one attached hydrogen (secondary N) is 2. The van der Waals surface area contributed by atoms with Crippen molar-refractivity contribution in [1.82, 2.24) is 10.3 Å². The Morgan fingerprint density at radius 1 is 1.32 bits per heavy atom. The zero-order chi connectivity index (χ0) is 15.7. The minimum atomic E-state index is -1.26. The Bertz CT molecular complexity index is 809. The number of hydrogen-bond acceptors (Lipinski definition) is 4. The fourth-order valence-electron chi connectivity index (χ4n) is 2.50. The molecule has 1 unspecified atom stereocenters. The van der Waals surface area contributed by atoms with E-state index in [-0.39, 0.29) is 11.3 Å². The third-order valence-electron chi connectivity index (χ3n) is 3.78. The molecular formula is C15H14N2O4S. The van der Waals surface area contributed by atoms with Gasteiger partial charge in [-0.15, -0.1) is 0 Å². The van der Waals surface area contributed by atoms with Gasteiger partial charge in [0.15, 0.2) is 0 Å². The maximum atomic E-state index is 12.4. The maximum absolute atomic E-state index is 12.4. The Morgan fingerprint density at radius 3 is 2.77 bits per heavy atom. The summed E-state index contributed by atoms with van der Waals surface area (Å²) in [7, 11) is 0. The van der Waals surface area contributed by atoms with E-state index in [9.17, 15) is 19.5 Å². The SMILES string of the molecule is O=C(NC1(C(=O)O)CCSC1)c1cc2ccccc2c(=O)[nH]1. The van der Waals surface area contributed by atoms with Crippen LogP contribution in [0.25, 0.3) is 10.8 Å². The number of rotatable bonds is 3. The quantitative estimate of drug-likeness (QED) is 0.790. The third kappa shape index (κ3) is 2.48. The van der Waals surface area contributed by atoms with E-state index in [1.165, 1.54) is 11.8 Å². The summed E-state index contributed by atoms with van der Waals surface area (Å²) in [4.78, 5) is 38.3. The fraction of sp³-hybridized carbons (Fsp3) is 0.267. The number of carboxylic acids is 1. The van der Waals surface area contributed by atoms with E-state index in [1.54, 1.807) is 30.3 Å². The van der Waals surface area contributed by atoms with Gasteiger partial charge in [-0.1, -0.05) is 18.2 Å². The van der Waals surface area contributed by atoms with Crippen LogP contribution in [0.4, 0.5) is 0 Å². The van der Waals surface area contributed by atoms with Gasteiger partial charge in [-0.05, 0) is 29.7 Å². The lowest BCUT2D eigenvalue weighted by Gasteiger charge is -2.24. The number of fused-ring (bicyclic) bond motifs is 1. The van der Waals surface area contributed by atoms with Gasteiger partial charge >= 0.3 is 5.97 Å². The molecule has 6 nitrogen and oxygen atoms in total. The number of benzene rings is 1. The molecule has 1 aromatic heterocycles. The van der Waals surface area contributed by atoms with Gasteiger partial charge < -0.3 is 15.4 Å². The van der Waals surface area contributed by atoms with Crippen LogP contribution in [-0.2, 0) is 4.79 Å². The van der Waals surface area contributed by atoms with Gasteiger partial charge in [0, 0.05) is 11.1 Å². The molecule has 22 heavy (non-hydrogen) atoms. The highest BCUT2D eigenvalue weighted by Gasteiger charge is 2.43. The number of hydrogen-bond donors (Lipinski definition) is 3. The van der Waals surface area contributed by atoms with E-state index in [1.807, 2.05) is 0 Å². The van der Waals surface area contributed by atoms with Crippen LogP contribution in [0, 0.1) is 0 Å². The lowest BCUT2D eigenvalue weighted by atomic mass is 9.99. The number of H-pyrrole nitrogens is 1. The van der Waals surface area contributed by atoms with Gasteiger partial charge in [0.2, 0.25) is 0 Å². The summed E-state index contributed by atoms with van der Waals surface area (Å²) >= 11 is 1.48. The van der Waals surface area contributed by atoms with Gasteiger partial charge in [-0.25, -0.2) is 4.79 Å². The number of aromatic nitrogens is 1. The second-order valence-electron chi connectivity index (χ2n) is 5.24. The molecule has 1 atom stereocenters. The second-order valence-corrected chi connectivity index (χ2v) is 6.35. The molecular weight excluding hydrogens is 304 g/mol. The number of pyridine rings is 1. The van der Waals surface area contributed by atoms with Crippen LogP contribution in [0.1, 0.15) is 16.9 Å². The molecule has 7 heteroatoms. The van der Waals surface area contributed by atoms with Crippen molar-refractivity contribution in [2.24, 2.45) is 0 Å². The van der Waals surface area contributed by atoms with Crippen LogP contribution in [0.5, 0.6) is 0 Å². The second kappa shape index (κ2) is 5.49. The monoisotopic (exact) mass is 318 g/mol. The van der Waals surface area contributed by atoms with E-state index >= 15 is 0 Å². The Morgan fingerprint density at radius 2 is 2.09 bits per heavy atom. The summed E-state index contributed by atoms with van der Waals surface area (Å²) < 4.78 is 0. The number of carboxylic acid groups (broad SMARTS) is 1. The number of aliphatic carboxylic acids is 1. The number of aromatic amines is 1. The number of carbonyl (C=O) groups excluding carboxylic acids is 1. The Labute approximate surface area is 129 Å². The summed E-state index contributed by atoms with van der Waals surface area (Å²) in [6.07, 6.45) is 0.372. The van der Waals surface area contributed by atoms with Crippen molar-refractivity contribution < 1.29 is 14.7 Å². The van der Waals surface area contributed by atoms with Crippen LogP contribution in [0.2, 0.25) is 0 Å². The van der Waals surface area contributed by atoms with Crippen molar-refractivity contribution in [2.75, 3.05) is 11.5 Å². The summed E-state index contributed by atoms with van der Waals surface area (Å²) in [6.45, 7) is 0. The smallest absolute Gasteiger partial charge is 0.330 e. The van der Waals surface area contributed by atoms with E-state index in [0.717, 1.165) is 0 Å². The first-order chi connectivity index (χ1) is 10.5. The van der Waals surface area contributed by atoms with Crippen molar-refractivity contribution in [3.05, 3.63) is 46.4 Å². The molecule has 3 N–H and O–H groups in total. The van der Waals surface area contributed by atoms with E-state index < -0.39 is 17.4 Å². The van der Waals surface area contributed by atoms with Crippen LogP contribution >= 0.6 is 11.8 Å². The van der Waals surface area contributed by atoms with Crippen molar-refractivity contribution in [3.63, 3.8) is 0 Å². The van der Waals surface area contributed by atoms with Crippen molar-refractivity contribution in [2.45, 2.75) is 12.0 Å². The zero-order valence-electron chi connectivity index (χ0n) is 11.6. The summed E-state index contributed by atoms with van der Waals surface area (Å²) in [6, 6.07) is 8.48. The molecule has 2 aromatic rings. The van der Waals surface area contributed by atoms with Gasteiger partial charge in [-0.3, -0.25) is 9.59 Å². The molecule has 1 amide bonds. The first-order valence-electron chi connectivity index (χ1n) is 6.78. The molecule has 3 rings (SSSR count). The third-order valence-corrected chi connectivity index (χ3v) is 4.97. The highest BCUT2D eigenvalue weighted by Crippen LogP contribution is 2.28. The van der Waals surface area contributed by atoms with Crippen LogP contribution in [0.15, 0.2) is 35.1 Å². The highest BCUT2D eigenvalue weighted by molar-refractivity contribution is 7.99. The highest BCUT2D eigenvalue weighted by atomic mass is 32.2. The molecule has 0 aliphatic carbocycles. The molecule has 1 aliphatic heterocycles. The van der Waals surface area contributed by atoms with Crippen LogP contribution in [-0.4, -0.2) is 39.0 Å². The normalized spacial score (nSPS) is 20.9. The Hall–Kier alpha value is -2.28. The zero-order valence-corrected chi connectivity index (χ0v) is 12.4. The first-order valence-corrected chi connectivity index (χ1v) is 7.93. The average Bonchev–Trinajstić information content (AvgIpc) is 2.97. The molecule has 1 aromatic carbocycles. The molecule has 114 valence electrons. The average molecular weight is 318 g/mol. The van der Waals surface area contributed by atoms with Crippen molar-refractivity contribution in [3.8, 4) is 0 Å². The van der Waals surface area contributed by atoms with E-state index in [2.05, 4.69) is 10.3 Å². The van der Waals surface area contributed by atoms with E-state index in [4.69, 9.17) is 0 Å². The van der Waals surface area contributed by atoms with Gasteiger partial charge in [0.1, 0.15) is 11.2 Å². The number of thioether (sulfide) groups is 1. The number of amides is 1. The molecule has 0 bridgehead atoms. The summed E-state index contributed by atoms with van der Waals surface area (Å²) in [5, 5.41) is 13.1. The molecule has 1 aliphatic rings. The molecule has 0 radical (unpaired) electrons. The topological polar surface area (TPSA) is 99.3 Å². The largest absolute Gasteiger partial charge is 0.479 e. The van der Waals surface area contributed by atoms with Gasteiger partial charge in [-0.2, -0.15) is 11.8 Å². The predicted molar refractivity (Wildman–Crippen MR) is 84.3 cm³/mol. The molecule has 0 spiro atoms. The van der Waals surface area contributed by atoms with Crippen molar-refractivity contribution in [1.29, 1.82) is 0 Å². The molecule has 0 saturated carbocycles. The van der Waals surface area contributed by atoms with E-state index in [0.29, 0.717) is 28.7 Å². The summed E-state index contributed by atoms with van der Waals surface area (Å²) in [5.41, 5.74) is -1.56. The minimum Gasteiger partial charge on any atom is -0.479 e. The van der Waals surface area contributed by atoms with Gasteiger partial charge in [0.25, 0.3) is 11.5 Å². The standard InChI is InChI=1S/C15H14N2O4S/c18-12-10-4-2-1-3-9(10)7-11(16-12)13(19)17-15(14(20)21)5-6-22-8-15/h1-4,7H,5-6,8H2,(H,16,18)(H,17,19)(H,20,21). The maximum Gasteiger partial charge on any atom is 0.330 e. The lowest BCUT2D eigenvalue weighted by molar-refractivity contribution is -0.143. The Balaban J connectivity index is 1.95. The van der Waals surface area contributed by atoms with Crippen LogP contribution in [0.3, 0.4) is 0 Å². The number of carbonyl (C=O) groups is 2. The lowest BCUT2D eigenvalue weighted by Crippen LogP contribution is -2.55. The Kier molecular flexibility index (Phi) is 3.66. The molecule has 1 fully saturated rings. The first kappa shape index (κ1) is 14.6.